The van der Waals surface area contributed by atoms with Gasteiger partial charge in [0.05, 0.1) is 0 Å². The van der Waals surface area contributed by atoms with Crippen LogP contribution in [-0.2, 0) is 4.74 Å². The van der Waals surface area contributed by atoms with Crippen LogP contribution in [0.3, 0.4) is 0 Å². The van der Waals surface area contributed by atoms with Crippen molar-refractivity contribution < 1.29 is 9.53 Å². The van der Waals surface area contributed by atoms with E-state index in [0.29, 0.717) is 17.5 Å². The minimum absolute atomic E-state index is 0.0829. The predicted molar refractivity (Wildman–Crippen MR) is 65.8 cm³/mol. The average Bonchev–Trinajstić information content (AvgIpc) is 2.84. The van der Waals surface area contributed by atoms with E-state index in [4.69, 9.17) is 4.74 Å². The summed E-state index contributed by atoms with van der Waals surface area (Å²) in [6, 6.07) is 0.928. The molecule has 3 fully saturated rings. The van der Waals surface area contributed by atoms with Crippen molar-refractivity contribution >= 4 is 6.09 Å². The smallest absolute Gasteiger partial charge is 0.410 e. The van der Waals surface area contributed by atoms with Gasteiger partial charge in [-0.3, -0.25) is 0 Å². The number of nitrogens with zero attached hydrogens (tertiary/aromatic N) is 1. The van der Waals surface area contributed by atoms with Crippen LogP contribution in [0.1, 0.15) is 59.3 Å². The zero-order chi connectivity index (χ0) is 12.3. The second-order valence-corrected chi connectivity index (χ2v) is 7.18. The molecule has 1 amide bonds. The van der Waals surface area contributed by atoms with Crippen LogP contribution in [0, 0.1) is 5.41 Å². The molecule has 2 bridgehead atoms. The molecule has 0 N–H and O–H groups in total. The monoisotopic (exact) mass is 237 g/mol. The largest absolute Gasteiger partial charge is 0.444 e. The second kappa shape index (κ2) is 3.39. The van der Waals surface area contributed by atoms with Crippen molar-refractivity contribution in [2.75, 3.05) is 0 Å². The van der Waals surface area contributed by atoms with Gasteiger partial charge in [0.1, 0.15) is 5.60 Å². The fraction of sp³-hybridized carbons (Fsp3) is 0.929. The molecule has 2 unspecified atom stereocenters. The SMILES string of the molecule is CC(C)(C)OC(=O)N1C2CCC1CC1(CC1)C2. The summed E-state index contributed by atoms with van der Waals surface area (Å²) in [5.41, 5.74) is 0.260. The minimum Gasteiger partial charge on any atom is -0.444 e. The zero-order valence-corrected chi connectivity index (χ0v) is 11.2. The van der Waals surface area contributed by atoms with Crippen molar-refractivity contribution in [2.24, 2.45) is 5.41 Å². The standard InChI is InChI=1S/C14H23NO2/c1-13(2,3)17-12(16)15-10-4-5-11(15)9-14(8-10)6-7-14/h10-11H,4-9H2,1-3H3. The molecular weight excluding hydrogens is 214 g/mol. The van der Waals surface area contributed by atoms with E-state index in [0.717, 1.165) is 0 Å². The molecule has 0 aromatic carbocycles. The normalized spacial score (nSPS) is 33.9. The summed E-state index contributed by atoms with van der Waals surface area (Å²) >= 11 is 0. The van der Waals surface area contributed by atoms with Crippen LogP contribution in [0.5, 0.6) is 0 Å². The van der Waals surface area contributed by atoms with E-state index < -0.39 is 0 Å². The van der Waals surface area contributed by atoms with Crippen LogP contribution in [0.15, 0.2) is 0 Å². The van der Waals surface area contributed by atoms with Gasteiger partial charge in [0.25, 0.3) is 0 Å². The van der Waals surface area contributed by atoms with E-state index in [9.17, 15) is 4.79 Å². The predicted octanol–water partition coefficient (Wildman–Crippen LogP) is 3.33. The molecule has 2 saturated heterocycles. The number of ether oxygens (including phenoxy) is 1. The number of amides is 1. The highest BCUT2D eigenvalue weighted by molar-refractivity contribution is 5.69. The number of carbonyl (C=O) groups excluding carboxylic acids is 1. The molecule has 1 saturated carbocycles. The molecule has 1 spiro atoms. The Labute approximate surface area is 104 Å². The Balaban J connectivity index is 1.70. The summed E-state index contributed by atoms with van der Waals surface area (Å²) in [6.45, 7) is 5.83. The topological polar surface area (TPSA) is 29.5 Å². The highest BCUT2D eigenvalue weighted by atomic mass is 16.6. The summed E-state index contributed by atoms with van der Waals surface area (Å²) in [6.07, 6.45) is 7.52. The molecule has 17 heavy (non-hydrogen) atoms. The van der Waals surface area contributed by atoms with Gasteiger partial charge in [-0.15, -0.1) is 0 Å². The third-order valence-electron chi connectivity index (χ3n) is 4.52. The van der Waals surface area contributed by atoms with Gasteiger partial charge in [0.15, 0.2) is 0 Å². The Morgan fingerprint density at radius 2 is 1.71 bits per heavy atom. The van der Waals surface area contributed by atoms with Gasteiger partial charge in [0, 0.05) is 12.1 Å². The van der Waals surface area contributed by atoms with Crippen LogP contribution in [0.2, 0.25) is 0 Å². The molecule has 0 aromatic rings. The lowest BCUT2D eigenvalue weighted by Crippen LogP contribution is -2.49. The Kier molecular flexibility index (Phi) is 2.27. The van der Waals surface area contributed by atoms with Gasteiger partial charge in [0.2, 0.25) is 0 Å². The Morgan fingerprint density at radius 1 is 1.18 bits per heavy atom. The van der Waals surface area contributed by atoms with Crippen LogP contribution in [0.4, 0.5) is 4.79 Å². The molecule has 3 aliphatic rings. The Hall–Kier alpha value is -0.730. The summed E-state index contributed by atoms with van der Waals surface area (Å²) in [4.78, 5) is 14.3. The van der Waals surface area contributed by atoms with E-state index in [1.165, 1.54) is 38.5 Å². The molecule has 3 heteroatoms. The van der Waals surface area contributed by atoms with Crippen LogP contribution < -0.4 is 0 Å². The summed E-state index contributed by atoms with van der Waals surface area (Å²) in [7, 11) is 0. The van der Waals surface area contributed by atoms with Crippen molar-refractivity contribution in [2.45, 2.75) is 77.0 Å². The highest BCUT2D eigenvalue weighted by Gasteiger charge is 2.55. The molecule has 96 valence electrons. The molecule has 0 radical (unpaired) electrons. The Bertz CT molecular complexity index is 325. The van der Waals surface area contributed by atoms with Crippen LogP contribution in [0.25, 0.3) is 0 Å². The lowest BCUT2D eigenvalue weighted by atomic mass is 9.88. The van der Waals surface area contributed by atoms with Gasteiger partial charge < -0.3 is 9.64 Å². The number of piperidine rings is 1. The number of hydrogen-bond acceptors (Lipinski definition) is 2. The number of hydrogen-bond donors (Lipinski definition) is 0. The van der Waals surface area contributed by atoms with Gasteiger partial charge in [-0.05, 0) is 64.7 Å². The maximum atomic E-state index is 12.2. The molecule has 1 aliphatic carbocycles. The second-order valence-electron chi connectivity index (χ2n) is 7.18. The summed E-state index contributed by atoms with van der Waals surface area (Å²) in [5, 5.41) is 0. The molecule has 3 nitrogen and oxygen atoms in total. The first-order valence-corrected chi connectivity index (χ1v) is 6.90. The first-order valence-electron chi connectivity index (χ1n) is 6.90. The lowest BCUT2D eigenvalue weighted by Gasteiger charge is -2.39. The van der Waals surface area contributed by atoms with Gasteiger partial charge >= 0.3 is 6.09 Å². The third kappa shape index (κ3) is 2.04. The number of rotatable bonds is 0. The highest BCUT2D eigenvalue weighted by Crippen LogP contribution is 2.59. The Morgan fingerprint density at radius 3 is 2.12 bits per heavy atom. The molecule has 0 aromatic heterocycles. The molecule has 2 aliphatic heterocycles. The van der Waals surface area contributed by atoms with E-state index in [1.54, 1.807) is 0 Å². The fourth-order valence-corrected chi connectivity index (χ4v) is 3.64. The van der Waals surface area contributed by atoms with Crippen molar-refractivity contribution in [1.82, 2.24) is 4.90 Å². The maximum Gasteiger partial charge on any atom is 0.410 e. The minimum atomic E-state index is -0.370. The lowest BCUT2D eigenvalue weighted by molar-refractivity contribution is 0.000147. The van der Waals surface area contributed by atoms with E-state index >= 15 is 0 Å². The third-order valence-corrected chi connectivity index (χ3v) is 4.52. The van der Waals surface area contributed by atoms with Gasteiger partial charge in [-0.1, -0.05) is 0 Å². The van der Waals surface area contributed by atoms with E-state index in [1.807, 2.05) is 20.8 Å². The summed E-state index contributed by atoms with van der Waals surface area (Å²) < 4.78 is 5.53. The maximum absolute atomic E-state index is 12.2. The summed E-state index contributed by atoms with van der Waals surface area (Å²) in [5.74, 6) is 0. The van der Waals surface area contributed by atoms with Crippen molar-refractivity contribution in [1.29, 1.82) is 0 Å². The first kappa shape index (κ1) is 11.4. The van der Waals surface area contributed by atoms with Gasteiger partial charge in [-0.25, -0.2) is 4.79 Å². The number of carbonyl (C=O) groups is 1. The van der Waals surface area contributed by atoms with Crippen molar-refractivity contribution in [3.8, 4) is 0 Å². The molecule has 2 heterocycles. The quantitative estimate of drug-likeness (QED) is 0.646. The molecular formula is C14H23NO2. The van der Waals surface area contributed by atoms with E-state index in [2.05, 4.69) is 4.90 Å². The zero-order valence-electron chi connectivity index (χ0n) is 11.2. The van der Waals surface area contributed by atoms with Crippen LogP contribution >= 0.6 is 0 Å². The first-order chi connectivity index (χ1) is 7.89. The average molecular weight is 237 g/mol. The molecule has 3 rings (SSSR count). The fourth-order valence-electron chi connectivity index (χ4n) is 3.64. The van der Waals surface area contributed by atoms with E-state index in [-0.39, 0.29) is 11.7 Å². The van der Waals surface area contributed by atoms with Crippen molar-refractivity contribution in [3.63, 3.8) is 0 Å². The van der Waals surface area contributed by atoms with Crippen LogP contribution in [-0.4, -0.2) is 28.7 Å². The number of fused-ring (bicyclic) bond motifs is 2. The van der Waals surface area contributed by atoms with Crippen molar-refractivity contribution in [3.05, 3.63) is 0 Å². The van der Waals surface area contributed by atoms with Gasteiger partial charge in [-0.2, -0.15) is 0 Å². The molecule has 2 atom stereocenters.